The van der Waals surface area contributed by atoms with Gasteiger partial charge in [0.2, 0.25) is 11.8 Å². The molecule has 3 rings (SSSR count). The second-order valence-corrected chi connectivity index (χ2v) is 7.51. The van der Waals surface area contributed by atoms with Crippen LogP contribution in [-0.2, 0) is 28.9 Å². The third kappa shape index (κ3) is 5.28. The summed E-state index contributed by atoms with van der Waals surface area (Å²) in [5.41, 5.74) is 0.459. The fourth-order valence-corrected chi connectivity index (χ4v) is 3.29. The molecule has 2 amide bonds. The lowest BCUT2D eigenvalue weighted by Gasteiger charge is -2.18. The Morgan fingerprint density at radius 1 is 1.23 bits per heavy atom. The third-order valence-electron chi connectivity index (χ3n) is 4.95. The number of benzene rings is 1. The van der Waals surface area contributed by atoms with E-state index >= 15 is 0 Å². The van der Waals surface area contributed by atoms with Gasteiger partial charge >= 0.3 is 6.18 Å². The topological polar surface area (TPSA) is 65.5 Å². The number of halogens is 3. The summed E-state index contributed by atoms with van der Waals surface area (Å²) in [7, 11) is 3.76. The van der Waals surface area contributed by atoms with E-state index < -0.39 is 17.7 Å². The second kappa shape index (κ2) is 8.73. The van der Waals surface area contributed by atoms with Crippen molar-refractivity contribution in [3.63, 3.8) is 0 Å². The molecule has 0 saturated carbocycles. The summed E-state index contributed by atoms with van der Waals surface area (Å²) in [6.45, 7) is 0.513. The highest BCUT2D eigenvalue weighted by atomic mass is 19.4. The van der Waals surface area contributed by atoms with E-state index in [0.29, 0.717) is 5.56 Å². The van der Waals surface area contributed by atoms with E-state index in [1.165, 1.54) is 11.0 Å². The lowest BCUT2D eigenvalue weighted by molar-refractivity contribution is -0.137. The SMILES string of the molecule is CN(C)c1ccc(CNC(=O)[C@@H]2CC(=O)N(Cc3cccc(C(F)(F)F)c3)C2)cn1. The monoisotopic (exact) mass is 420 g/mol. The van der Waals surface area contributed by atoms with Gasteiger partial charge in [-0.05, 0) is 29.3 Å². The van der Waals surface area contributed by atoms with E-state index in [1.807, 2.05) is 31.1 Å². The van der Waals surface area contributed by atoms with Crippen molar-refractivity contribution < 1.29 is 22.8 Å². The number of alkyl halides is 3. The minimum Gasteiger partial charge on any atom is -0.363 e. The number of carbonyl (C=O) groups is 2. The average molecular weight is 420 g/mol. The van der Waals surface area contributed by atoms with Gasteiger partial charge in [0.15, 0.2) is 0 Å². The van der Waals surface area contributed by atoms with E-state index in [0.717, 1.165) is 23.5 Å². The Morgan fingerprint density at radius 2 is 2.00 bits per heavy atom. The maximum atomic E-state index is 12.9. The van der Waals surface area contributed by atoms with Crippen molar-refractivity contribution >= 4 is 17.6 Å². The molecule has 1 atom stereocenters. The maximum absolute atomic E-state index is 12.9. The Bertz CT molecular complexity index is 913. The molecular formula is C21H23F3N4O2. The van der Waals surface area contributed by atoms with E-state index in [4.69, 9.17) is 0 Å². The van der Waals surface area contributed by atoms with Gasteiger partial charge in [0.25, 0.3) is 0 Å². The summed E-state index contributed by atoms with van der Waals surface area (Å²) in [4.78, 5) is 32.3. The molecule has 30 heavy (non-hydrogen) atoms. The van der Waals surface area contributed by atoms with Crippen molar-refractivity contribution in [3.8, 4) is 0 Å². The van der Waals surface area contributed by atoms with Crippen molar-refractivity contribution in [2.45, 2.75) is 25.7 Å². The Balaban J connectivity index is 1.55. The zero-order valence-electron chi connectivity index (χ0n) is 16.7. The molecule has 0 bridgehead atoms. The normalized spacial score (nSPS) is 16.6. The Kier molecular flexibility index (Phi) is 6.28. The Labute approximate surface area is 172 Å². The highest BCUT2D eigenvalue weighted by Crippen LogP contribution is 2.30. The summed E-state index contributed by atoms with van der Waals surface area (Å²) in [6, 6.07) is 8.59. The summed E-state index contributed by atoms with van der Waals surface area (Å²) in [5.74, 6) is -0.231. The van der Waals surface area contributed by atoms with Crippen LogP contribution in [-0.4, -0.2) is 42.3 Å². The number of nitrogens with zero attached hydrogens (tertiary/aromatic N) is 3. The fraction of sp³-hybridized carbons (Fsp3) is 0.381. The Morgan fingerprint density at radius 3 is 2.63 bits per heavy atom. The number of carbonyl (C=O) groups excluding carboxylic acids is 2. The van der Waals surface area contributed by atoms with Crippen LogP contribution in [0.4, 0.5) is 19.0 Å². The van der Waals surface area contributed by atoms with E-state index in [-0.39, 0.29) is 37.9 Å². The molecule has 1 fully saturated rings. The van der Waals surface area contributed by atoms with Gasteiger partial charge in [-0.1, -0.05) is 18.2 Å². The smallest absolute Gasteiger partial charge is 0.363 e. The number of anilines is 1. The first-order valence-electron chi connectivity index (χ1n) is 9.47. The van der Waals surface area contributed by atoms with Gasteiger partial charge in [-0.2, -0.15) is 13.2 Å². The van der Waals surface area contributed by atoms with Crippen molar-refractivity contribution in [1.82, 2.24) is 15.2 Å². The molecule has 0 unspecified atom stereocenters. The molecule has 6 nitrogen and oxygen atoms in total. The zero-order valence-corrected chi connectivity index (χ0v) is 16.7. The molecule has 2 heterocycles. The number of amides is 2. The first-order chi connectivity index (χ1) is 14.1. The molecule has 9 heteroatoms. The van der Waals surface area contributed by atoms with Crippen molar-refractivity contribution in [2.24, 2.45) is 5.92 Å². The fourth-order valence-electron chi connectivity index (χ4n) is 3.29. The summed E-state index contributed by atoms with van der Waals surface area (Å²) < 4.78 is 38.6. The first kappa shape index (κ1) is 21.6. The largest absolute Gasteiger partial charge is 0.416 e. The predicted octanol–water partition coefficient (Wildman–Crippen LogP) is 2.83. The van der Waals surface area contributed by atoms with Crippen LogP contribution in [0.15, 0.2) is 42.6 Å². The van der Waals surface area contributed by atoms with Crippen LogP contribution in [0, 0.1) is 5.92 Å². The van der Waals surface area contributed by atoms with E-state index in [2.05, 4.69) is 10.3 Å². The second-order valence-electron chi connectivity index (χ2n) is 7.51. The van der Waals surface area contributed by atoms with Gasteiger partial charge in [0.1, 0.15) is 5.82 Å². The standard InChI is InChI=1S/C21H23F3N4O2/c1-27(2)18-7-6-15(10-25-18)11-26-20(30)16-9-19(29)28(13-16)12-14-4-3-5-17(8-14)21(22,23)24/h3-8,10,16H,9,11-13H2,1-2H3,(H,26,30)/t16-/m1/s1. The number of rotatable bonds is 6. The summed E-state index contributed by atoms with van der Waals surface area (Å²) in [5, 5.41) is 2.80. The summed E-state index contributed by atoms with van der Waals surface area (Å²) >= 11 is 0. The van der Waals surface area contributed by atoms with Gasteiger partial charge in [-0.25, -0.2) is 4.98 Å². The number of aromatic nitrogens is 1. The first-order valence-corrected chi connectivity index (χ1v) is 9.47. The molecule has 1 aromatic carbocycles. The minimum atomic E-state index is -4.44. The molecule has 0 spiro atoms. The van der Waals surface area contributed by atoms with Gasteiger partial charge in [-0.15, -0.1) is 0 Å². The molecule has 1 saturated heterocycles. The van der Waals surface area contributed by atoms with Gasteiger partial charge < -0.3 is 15.1 Å². The molecule has 1 aliphatic heterocycles. The van der Waals surface area contributed by atoms with Crippen molar-refractivity contribution in [1.29, 1.82) is 0 Å². The van der Waals surface area contributed by atoms with Crippen molar-refractivity contribution in [2.75, 3.05) is 25.5 Å². The lowest BCUT2D eigenvalue weighted by Crippen LogP contribution is -2.32. The van der Waals surface area contributed by atoms with Gasteiger partial charge in [-0.3, -0.25) is 9.59 Å². The molecular weight excluding hydrogens is 397 g/mol. The highest BCUT2D eigenvalue weighted by Gasteiger charge is 2.35. The maximum Gasteiger partial charge on any atom is 0.416 e. The Hall–Kier alpha value is -3.10. The molecule has 1 aromatic heterocycles. The van der Waals surface area contributed by atoms with Crippen LogP contribution < -0.4 is 10.2 Å². The third-order valence-corrected chi connectivity index (χ3v) is 4.95. The average Bonchev–Trinajstić information content (AvgIpc) is 3.06. The van der Waals surface area contributed by atoms with E-state index in [1.54, 1.807) is 12.3 Å². The van der Waals surface area contributed by atoms with Crippen molar-refractivity contribution in [3.05, 3.63) is 59.3 Å². The molecule has 0 radical (unpaired) electrons. The van der Waals surface area contributed by atoms with Gasteiger partial charge in [0, 0.05) is 46.3 Å². The highest BCUT2D eigenvalue weighted by molar-refractivity contribution is 5.89. The zero-order chi connectivity index (χ0) is 21.9. The lowest BCUT2D eigenvalue weighted by atomic mass is 10.1. The van der Waals surface area contributed by atoms with E-state index in [9.17, 15) is 22.8 Å². The number of pyridine rings is 1. The number of nitrogens with one attached hydrogen (secondary N) is 1. The quantitative estimate of drug-likeness (QED) is 0.781. The number of likely N-dealkylation sites (tertiary alicyclic amines) is 1. The van der Waals surface area contributed by atoms with Crippen LogP contribution in [0.3, 0.4) is 0 Å². The van der Waals surface area contributed by atoms with Crippen LogP contribution in [0.5, 0.6) is 0 Å². The molecule has 1 N–H and O–H groups in total. The molecule has 160 valence electrons. The van der Waals surface area contributed by atoms with Crippen LogP contribution >= 0.6 is 0 Å². The van der Waals surface area contributed by atoms with Crippen LogP contribution in [0.1, 0.15) is 23.1 Å². The van der Waals surface area contributed by atoms with Crippen LogP contribution in [0.25, 0.3) is 0 Å². The van der Waals surface area contributed by atoms with Gasteiger partial charge in [0.05, 0.1) is 11.5 Å². The molecule has 0 aliphatic carbocycles. The minimum absolute atomic E-state index is 0.0441. The molecule has 2 aromatic rings. The molecule has 1 aliphatic rings. The number of hydrogen-bond acceptors (Lipinski definition) is 4. The number of hydrogen-bond donors (Lipinski definition) is 1. The van der Waals surface area contributed by atoms with Crippen LogP contribution in [0.2, 0.25) is 0 Å². The predicted molar refractivity (Wildman–Crippen MR) is 105 cm³/mol. The summed E-state index contributed by atoms with van der Waals surface area (Å²) in [6.07, 6.45) is -2.72.